The van der Waals surface area contributed by atoms with Crippen molar-refractivity contribution < 1.29 is 68.3 Å². The van der Waals surface area contributed by atoms with Gasteiger partial charge >= 0.3 is 5.97 Å². The number of rotatable bonds is 19. The van der Waals surface area contributed by atoms with Crippen LogP contribution in [-0.2, 0) is 33.3 Å². The predicted octanol–water partition coefficient (Wildman–Crippen LogP) is 5.40. The molecule has 17 nitrogen and oxygen atoms in total. The molecule has 0 saturated carbocycles. The Labute approximate surface area is 460 Å². The van der Waals surface area contributed by atoms with Gasteiger partial charge in [-0.15, -0.1) is 0 Å². The zero-order valence-electron chi connectivity index (χ0n) is 49.4. The average molecular weight is 1090 g/mol. The van der Waals surface area contributed by atoms with Gasteiger partial charge in [0, 0.05) is 63.1 Å². The Morgan fingerprint density at radius 1 is 1.04 bits per heavy atom. The highest BCUT2D eigenvalue weighted by Gasteiger charge is 2.51. The molecule has 5 rings (SSSR count). The number of halogens is 1. The number of hydrogen-bond acceptors (Lipinski definition) is 16. The topological polar surface area (TPSA) is 223 Å². The molecule has 4 aliphatic rings. The van der Waals surface area contributed by atoms with Crippen LogP contribution >= 0.6 is 0 Å². The van der Waals surface area contributed by atoms with Gasteiger partial charge in [0.05, 0.1) is 53.7 Å². The minimum absolute atomic E-state index is 0.0697. The lowest BCUT2D eigenvalue weighted by atomic mass is 9.77. The second kappa shape index (κ2) is 27.4. The maximum Gasteiger partial charge on any atom is 0.311 e. The van der Waals surface area contributed by atoms with Crippen LogP contribution in [0.5, 0.6) is 0 Å². The fourth-order valence-corrected chi connectivity index (χ4v) is 13.1. The van der Waals surface area contributed by atoms with Crippen molar-refractivity contribution in [3.8, 4) is 0 Å². The van der Waals surface area contributed by atoms with Crippen LogP contribution in [0.25, 0.3) is 5.57 Å². The first-order valence-electron chi connectivity index (χ1n) is 28.6. The summed E-state index contributed by atoms with van der Waals surface area (Å²) >= 11 is 0. The van der Waals surface area contributed by atoms with Crippen LogP contribution in [0.4, 0.5) is 4.39 Å². The van der Waals surface area contributed by atoms with Gasteiger partial charge in [-0.1, -0.05) is 65.0 Å². The molecule has 1 amide bonds. The van der Waals surface area contributed by atoms with Crippen molar-refractivity contribution in [3.05, 3.63) is 41.5 Å². The van der Waals surface area contributed by atoms with E-state index in [0.717, 1.165) is 18.4 Å². The van der Waals surface area contributed by atoms with Crippen LogP contribution in [0, 0.1) is 23.7 Å². The highest BCUT2D eigenvalue weighted by Crippen LogP contribution is 2.41. The van der Waals surface area contributed by atoms with Crippen LogP contribution < -0.4 is 5.32 Å². The van der Waals surface area contributed by atoms with Crippen LogP contribution in [-0.4, -0.2) is 207 Å². The first kappa shape index (κ1) is 65.1. The van der Waals surface area contributed by atoms with Gasteiger partial charge in [0.1, 0.15) is 36.7 Å². The molecular weight excluding hydrogens is 992 g/mol. The second-order valence-corrected chi connectivity index (χ2v) is 25.0. The summed E-state index contributed by atoms with van der Waals surface area (Å²) in [6, 6.07) is 6.06. The van der Waals surface area contributed by atoms with E-state index in [9.17, 15) is 44.6 Å². The van der Waals surface area contributed by atoms with E-state index < -0.39 is 127 Å². The number of nitrogens with one attached hydrogen (secondary N) is 1. The molecule has 0 spiro atoms. The van der Waals surface area contributed by atoms with Gasteiger partial charge in [0.2, 0.25) is 5.91 Å². The van der Waals surface area contributed by atoms with Gasteiger partial charge in [0.15, 0.2) is 6.29 Å². The quantitative estimate of drug-likeness (QED) is 0.0862. The van der Waals surface area contributed by atoms with Gasteiger partial charge in [0.25, 0.3) is 0 Å². The number of carbonyl (C=O) groups is 2. The number of aliphatic hydroxyl groups is 6. The molecule has 7 N–H and O–H groups in total. The maximum atomic E-state index is 14.6. The van der Waals surface area contributed by atoms with Crippen molar-refractivity contribution in [1.82, 2.24) is 20.0 Å². The second-order valence-electron chi connectivity index (χ2n) is 25.0. The number of cyclic esters (lactones) is 1. The number of benzene rings is 1. The van der Waals surface area contributed by atoms with E-state index in [-0.39, 0.29) is 44.1 Å². The highest BCUT2D eigenvalue weighted by molar-refractivity contribution is 5.76. The standard InChI is InChI=1S/C59H101FN4O13/c1-17-47-59(12,72)53(69)39(9)63(14)32-34(4)29-57(10,71)54(37(7)51(38(8)55(70)76-47)74-36(6)30-58(11,73-16)52(68)33(2)3)77-56-50(67)46(26-35(5)75-56)62(13)25-24-48(65)61-45(31-60)49(66)41-20-18-40(19-21-41)42-27-43-22-23-44(28-42)64(43)15/h18-21,27,33-39,43-47,49-54,56,66-69,71-72H,17,22-26,28-32H2,1-16H3,(H,61,65)/t34-,35-,36-,37+,38-,39-,43?,44?,45-,46+,47-,49-,50-,51+,52+,53-,54-,56+,57-,58-,59-/m1/s1. The molecule has 2 unspecified atom stereocenters. The molecule has 4 aliphatic heterocycles. The molecule has 1 aromatic carbocycles. The summed E-state index contributed by atoms with van der Waals surface area (Å²) in [4.78, 5) is 34.2. The van der Waals surface area contributed by atoms with E-state index in [2.05, 4.69) is 23.3 Å². The fraction of sp³-hybridized carbons (Fsp3) is 0.831. The summed E-state index contributed by atoms with van der Waals surface area (Å²) in [7, 11) is 7.29. The van der Waals surface area contributed by atoms with Crippen molar-refractivity contribution in [1.29, 1.82) is 0 Å². The zero-order chi connectivity index (χ0) is 57.6. The van der Waals surface area contributed by atoms with Crippen LogP contribution in [0.2, 0.25) is 0 Å². The zero-order valence-corrected chi connectivity index (χ0v) is 49.4. The SMILES string of the molecule is CC[C@H]1OC(=O)[C@H](C)[C@@H](O[C@H](C)C[C@@](C)(OC)[C@@H](O)C(C)C)[C@H](C)[C@@H](O[C@@H]2O[C@H](C)C[C@H](N(C)CCC(=O)N[C@H](CF)[C@H](O)c3ccc(C4=CC5CCC(C4)N5C)cc3)[C@H]2O)[C@](C)(O)C[C@@H](C)CN(C)[C@H](C)[C@@H](O)[C@]1(C)O. The van der Waals surface area contributed by atoms with Crippen LogP contribution in [0.1, 0.15) is 152 Å². The molecule has 0 aliphatic carbocycles. The lowest BCUT2D eigenvalue weighted by Crippen LogP contribution is -2.60. The molecule has 21 atom stereocenters. The lowest BCUT2D eigenvalue weighted by Gasteiger charge is -2.48. The van der Waals surface area contributed by atoms with Crippen molar-refractivity contribution in [3.63, 3.8) is 0 Å². The number of likely N-dealkylation sites (N-methyl/N-ethyl adjacent to an activating group) is 3. The highest BCUT2D eigenvalue weighted by atomic mass is 19.1. The van der Waals surface area contributed by atoms with E-state index in [1.807, 2.05) is 70.5 Å². The fourth-order valence-electron chi connectivity index (χ4n) is 13.1. The molecule has 1 aromatic rings. The number of alkyl halides is 1. The largest absolute Gasteiger partial charge is 0.459 e. The van der Waals surface area contributed by atoms with E-state index >= 15 is 0 Å². The number of ether oxygens (including phenoxy) is 5. The van der Waals surface area contributed by atoms with Crippen molar-refractivity contribution >= 4 is 17.4 Å². The summed E-state index contributed by atoms with van der Waals surface area (Å²) in [6.45, 7) is 20.9. The third kappa shape index (κ3) is 15.7. The molecule has 4 heterocycles. The molecule has 0 radical (unpaired) electrons. The summed E-state index contributed by atoms with van der Waals surface area (Å²) < 4.78 is 46.8. The number of esters is 1. The number of methoxy groups -OCH3 is 1. The van der Waals surface area contributed by atoms with Crippen molar-refractivity contribution in [2.45, 2.75) is 243 Å². The molecule has 2 bridgehead atoms. The monoisotopic (exact) mass is 1090 g/mol. The smallest absolute Gasteiger partial charge is 0.311 e. The van der Waals surface area contributed by atoms with Gasteiger partial charge in [-0.3, -0.25) is 14.5 Å². The number of amides is 1. The summed E-state index contributed by atoms with van der Waals surface area (Å²) in [6.07, 6.45) is -4.09. The molecular formula is C59H101FN4O13. The maximum absolute atomic E-state index is 14.6. The Bertz CT molecular complexity index is 2070. The van der Waals surface area contributed by atoms with Crippen LogP contribution in [0.15, 0.2) is 30.3 Å². The summed E-state index contributed by atoms with van der Waals surface area (Å²) in [5.41, 5.74) is -1.72. The molecule has 3 saturated heterocycles. The lowest BCUT2D eigenvalue weighted by molar-refractivity contribution is -0.301. The van der Waals surface area contributed by atoms with E-state index in [0.29, 0.717) is 30.6 Å². The van der Waals surface area contributed by atoms with Crippen LogP contribution in [0.3, 0.4) is 0 Å². The molecule has 18 heteroatoms. The Hall–Kier alpha value is -2.69. The third-order valence-electron chi connectivity index (χ3n) is 18.1. The number of carbonyl (C=O) groups excluding carboxylic acids is 2. The van der Waals surface area contributed by atoms with Gasteiger partial charge in [-0.25, -0.2) is 4.39 Å². The third-order valence-corrected chi connectivity index (χ3v) is 18.1. The Kier molecular flexibility index (Phi) is 23.2. The normalized spacial score (nSPS) is 37.7. The Morgan fingerprint density at radius 3 is 2.27 bits per heavy atom. The molecule has 3 fully saturated rings. The molecule has 0 aromatic heterocycles. The predicted molar refractivity (Wildman–Crippen MR) is 294 cm³/mol. The minimum atomic E-state index is -1.85. The summed E-state index contributed by atoms with van der Waals surface area (Å²) in [5.74, 6) is -3.44. The Balaban J connectivity index is 1.38. The number of fused-ring (bicyclic) bond motifs is 2. The average Bonchev–Trinajstić information content (AvgIpc) is 3.55. The van der Waals surface area contributed by atoms with Crippen molar-refractivity contribution in [2.24, 2.45) is 23.7 Å². The van der Waals surface area contributed by atoms with Crippen molar-refractivity contribution in [2.75, 3.05) is 48.0 Å². The van der Waals surface area contributed by atoms with E-state index in [4.69, 9.17) is 23.7 Å². The van der Waals surface area contributed by atoms with E-state index in [1.165, 1.54) is 26.0 Å². The Morgan fingerprint density at radius 2 is 1.69 bits per heavy atom. The molecule has 442 valence electrons. The van der Waals surface area contributed by atoms with Gasteiger partial charge in [-0.05, 0) is 137 Å². The van der Waals surface area contributed by atoms with E-state index in [1.54, 1.807) is 53.8 Å². The number of hydrogen-bond donors (Lipinski definition) is 7. The van der Waals surface area contributed by atoms with Gasteiger partial charge in [-0.2, -0.15) is 0 Å². The first-order chi connectivity index (χ1) is 35.9. The molecule has 77 heavy (non-hydrogen) atoms. The minimum Gasteiger partial charge on any atom is -0.459 e. The number of nitrogens with zero attached hydrogens (tertiary/aromatic N) is 3. The van der Waals surface area contributed by atoms with Gasteiger partial charge < -0.3 is 69.4 Å². The first-order valence-corrected chi connectivity index (χ1v) is 28.6. The number of aliphatic hydroxyl groups excluding tert-OH is 4. The summed E-state index contributed by atoms with van der Waals surface area (Å²) in [5, 5.41) is 74.0.